The standard InChI is InChI=1S/C10H17O/c1-2-9-7-5-3-4-6-8-10(9)11/h2,9H,3-8H2,1H3. The maximum absolute atomic E-state index is 11.4. The summed E-state index contributed by atoms with van der Waals surface area (Å²) in [7, 11) is 0. The largest absolute Gasteiger partial charge is 0.299 e. The van der Waals surface area contributed by atoms with Crippen molar-refractivity contribution in [3.05, 3.63) is 6.42 Å². The number of ketones is 1. The highest BCUT2D eigenvalue weighted by atomic mass is 16.1. The zero-order valence-electron chi connectivity index (χ0n) is 7.31. The highest BCUT2D eigenvalue weighted by molar-refractivity contribution is 5.82. The predicted molar refractivity (Wildman–Crippen MR) is 46.2 cm³/mol. The molecule has 1 nitrogen and oxygen atoms in total. The second-order valence-electron chi connectivity index (χ2n) is 3.36. The van der Waals surface area contributed by atoms with Crippen molar-refractivity contribution in [3.63, 3.8) is 0 Å². The molecule has 1 saturated carbocycles. The maximum Gasteiger partial charge on any atom is 0.136 e. The number of Topliss-reactive ketones (excluding diaryl/α,β-unsaturated/α-hetero) is 1. The van der Waals surface area contributed by atoms with Crippen molar-refractivity contribution >= 4 is 5.78 Å². The van der Waals surface area contributed by atoms with Gasteiger partial charge in [-0.2, -0.15) is 0 Å². The Labute approximate surface area is 69.2 Å². The molecule has 0 aliphatic heterocycles. The fourth-order valence-corrected chi connectivity index (χ4v) is 1.72. The lowest BCUT2D eigenvalue weighted by molar-refractivity contribution is -0.122. The molecule has 0 aromatic rings. The number of carbonyl (C=O) groups is 1. The van der Waals surface area contributed by atoms with E-state index in [9.17, 15) is 4.79 Å². The summed E-state index contributed by atoms with van der Waals surface area (Å²) in [6, 6.07) is 0. The third-order valence-electron chi connectivity index (χ3n) is 2.50. The number of hydrogen-bond acceptors (Lipinski definition) is 1. The predicted octanol–water partition coefficient (Wildman–Crippen LogP) is 2.75. The molecule has 1 atom stereocenters. The minimum atomic E-state index is 0.273. The summed E-state index contributed by atoms with van der Waals surface area (Å²) in [6.45, 7) is 2.00. The normalized spacial score (nSPS) is 27.7. The fraction of sp³-hybridized carbons (Fsp3) is 0.800. The Kier molecular flexibility index (Phi) is 3.61. The summed E-state index contributed by atoms with van der Waals surface area (Å²) < 4.78 is 0. The van der Waals surface area contributed by atoms with Crippen molar-refractivity contribution < 1.29 is 4.79 Å². The highest BCUT2D eigenvalue weighted by Gasteiger charge is 2.17. The van der Waals surface area contributed by atoms with Gasteiger partial charge in [0.1, 0.15) is 5.78 Å². The van der Waals surface area contributed by atoms with Gasteiger partial charge in [-0.1, -0.05) is 26.2 Å². The molecule has 0 aromatic carbocycles. The van der Waals surface area contributed by atoms with Crippen molar-refractivity contribution in [1.82, 2.24) is 0 Å². The molecule has 1 heteroatoms. The fourth-order valence-electron chi connectivity index (χ4n) is 1.72. The molecule has 1 radical (unpaired) electrons. The highest BCUT2D eigenvalue weighted by Crippen LogP contribution is 2.20. The van der Waals surface area contributed by atoms with E-state index >= 15 is 0 Å². The summed E-state index contributed by atoms with van der Waals surface area (Å²) in [6.07, 6.45) is 8.89. The Morgan fingerprint density at radius 3 is 2.73 bits per heavy atom. The first-order valence-electron chi connectivity index (χ1n) is 4.67. The van der Waals surface area contributed by atoms with Crippen LogP contribution >= 0.6 is 0 Å². The lowest BCUT2D eigenvalue weighted by Gasteiger charge is -2.15. The molecule has 63 valence electrons. The number of carbonyl (C=O) groups excluding carboxylic acids is 1. The molecule has 11 heavy (non-hydrogen) atoms. The molecule has 0 heterocycles. The Bertz CT molecular complexity index is 129. The third kappa shape index (κ3) is 2.64. The van der Waals surface area contributed by atoms with E-state index in [2.05, 4.69) is 6.42 Å². The molecule has 0 N–H and O–H groups in total. The van der Waals surface area contributed by atoms with Crippen molar-refractivity contribution in [2.45, 2.75) is 45.4 Å². The zero-order valence-corrected chi connectivity index (χ0v) is 7.31. The van der Waals surface area contributed by atoms with Gasteiger partial charge in [0.05, 0.1) is 0 Å². The Morgan fingerprint density at radius 1 is 1.27 bits per heavy atom. The zero-order chi connectivity index (χ0) is 8.10. The van der Waals surface area contributed by atoms with Crippen LogP contribution in [-0.4, -0.2) is 5.78 Å². The topological polar surface area (TPSA) is 17.1 Å². The molecular weight excluding hydrogens is 136 g/mol. The van der Waals surface area contributed by atoms with Gasteiger partial charge in [-0.05, 0) is 19.3 Å². The first-order chi connectivity index (χ1) is 5.34. The molecule has 1 aliphatic rings. The minimum Gasteiger partial charge on any atom is -0.299 e. The van der Waals surface area contributed by atoms with Crippen LogP contribution in [0.4, 0.5) is 0 Å². The maximum atomic E-state index is 11.4. The van der Waals surface area contributed by atoms with Crippen LogP contribution in [0, 0.1) is 12.3 Å². The van der Waals surface area contributed by atoms with E-state index in [-0.39, 0.29) is 5.92 Å². The second-order valence-corrected chi connectivity index (χ2v) is 3.36. The molecule has 0 bridgehead atoms. The smallest absolute Gasteiger partial charge is 0.136 e. The summed E-state index contributed by atoms with van der Waals surface area (Å²) in [5.74, 6) is 0.738. The van der Waals surface area contributed by atoms with Crippen molar-refractivity contribution in [2.24, 2.45) is 5.92 Å². The van der Waals surface area contributed by atoms with Gasteiger partial charge in [0, 0.05) is 12.3 Å². The van der Waals surface area contributed by atoms with Crippen LogP contribution < -0.4 is 0 Å². The lowest BCUT2D eigenvalue weighted by Crippen LogP contribution is -2.15. The molecule has 1 rings (SSSR count). The van der Waals surface area contributed by atoms with Crippen molar-refractivity contribution in [2.75, 3.05) is 0 Å². The van der Waals surface area contributed by atoms with Crippen LogP contribution in [0.15, 0.2) is 0 Å². The third-order valence-corrected chi connectivity index (χ3v) is 2.50. The van der Waals surface area contributed by atoms with E-state index in [1.165, 1.54) is 19.3 Å². The van der Waals surface area contributed by atoms with Gasteiger partial charge in [-0.3, -0.25) is 4.79 Å². The molecule has 0 aromatic heterocycles. The summed E-state index contributed by atoms with van der Waals surface area (Å²) >= 11 is 0. The Hall–Kier alpha value is -0.330. The minimum absolute atomic E-state index is 0.273. The average Bonchev–Trinajstić information content (AvgIpc) is 1.98. The Balaban J connectivity index is 2.39. The van der Waals surface area contributed by atoms with E-state index in [0.29, 0.717) is 5.78 Å². The monoisotopic (exact) mass is 153 g/mol. The van der Waals surface area contributed by atoms with E-state index in [0.717, 1.165) is 19.3 Å². The SMILES string of the molecule is C[CH]C1CCCCCCC1=O. The van der Waals surface area contributed by atoms with Crippen LogP contribution in [0.2, 0.25) is 0 Å². The first kappa shape index (κ1) is 8.76. The van der Waals surface area contributed by atoms with E-state index in [1.54, 1.807) is 0 Å². The Morgan fingerprint density at radius 2 is 2.00 bits per heavy atom. The van der Waals surface area contributed by atoms with Gasteiger partial charge in [0.25, 0.3) is 0 Å². The van der Waals surface area contributed by atoms with Crippen LogP contribution in [0.5, 0.6) is 0 Å². The van der Waals surface area contributed by atoms with Gasteiger partial charge in [0.2, 0.25) is 0 Å². The van der Waals surface area contributed by atoms with Gasteiger partial charge < -0.3 is 0 Å². The summed E-state index contributed by atoms with van der Waals surface area (Å²) in [5.41, 5.74) is 0. The van der Waals surface area contributed by atoms with Crippen LogP contribution in [0.3, 0.4) is 0 Å². The van der Waals surface area contributed by atoms with Gasteiger partial charge in [0.15, 0.2) is 0 Å². The average molecular weight is 153 g/mol. The lowest BCUT2D eigenvalue weighted by atomic mass is 9.88. The van der Waals surface area contributed by atoms with Crippen LogP contribution in [0.25, 0.3) is 0 Å². The summed E-state index contributed by atoms with van der Waals surface area (Å²) in [5, 5.41) is 0. The van der Waals surface area contributed by atoms with E-state index in [1.807, 2.05) is 6.92 Å². The molecule has 1 unspecified atom stereocenters. The van der Waals surface area contributed by atoms with Gasteiger partial charge in [-0.25, -0.2) is 0 Å². The quantitative estimate of drug-likeness (QED) is 0.566. The van der Waals surface area contributed by atoms with Gasteiger partial charge >= 0.3 is 0 Å². The van der Waals surface area contributed by atoms with Crippen LogP contribution in [0.1, 0.15) is 45.4 Å². The van der Waals surface area contributed by atoms with Crippen molar-refractivity contribution in [1.29, 1.82) is 0 Å². The first-order valence-corrected chi connectivity index (χ1v) is 4.67. The molecule has 0 saturated heterocycles. The summed E-state index contributed by atoms with van der Waals surface area (Å²) in [4.78, 5) is 11.4. The molecular formula is C10H17O. The van der Waals surface area contributed by atoms with Crippen LogP contribution in [-0.2, 0) is 4.79 Å². The van der Waals surface area contributed by atoms with Gasteiger partial charge in [-0.15, -0.1) is 0 Å². The molecule has 1 fully saturated rings. The number of hydrogen-bond donors (Lipinski definition) is 0. The molecule has 1 aliphatic carbocycles. The van der Waals surface area contributed by atoms with E-state index < -0.39 is 0 Å². The van der Waals surface area contributed by atoms with Crippen molar-refractivity contribution in [3.8, 4) is 0 Å². The second kappa shape index (κ2) is 4.53. The molecule has 0 spiro atoms. The number of rotatable bonds is 1. The molecule has 0 amide bonds. The van der Waals surface area contributed by atoms with E-state index in [4.69, 9.17) is 0 Å².